The first-order valence-corrected chi connectivity index (χ1v) is 7.57. The van der Waals surface area contributed by atoms with Gasteiger partial charge in [0.05, 0.1) is 6.61 Å². The highest BCUT2D eigenvalue weighted by molar-refractivity contribution is 14.0. The summed E-state index contributed by atoms with van der Waals surface area (Å²) in [7, 11) is 1.68. The molecule has 0 atom stereocenters. The zero-order chi connectivity index (χ0) is 15.5. The number of hydrogen-bond donors (Lipinski definition) is 2. The van der Waals surface area contributed by atoms with Crippen molar-refractivity contribution >= 4 is 35.6 Å². The molecule has 1 aromatic carbocycles. The second-order valence-electron chi connectivity index (χ2n) is 4.86. The number of hydrogen-bond acceptors (Lipinski definition) is 3. The molecule has 0 fully saturated rings. The van der Waals surface area contributed by atoms with Crippen molar-refractivity contribution in [2.24, 2.45) is 10.7 Å². The van der Waals surface area contributed by atoms with Crippen molar-refractivity contribution in [3.05, 3.63) is 29.8 Å². The molecule has 126 valence electrons. The number of halogens is 1. The van der Waals surface area contributed by atoms with Gasteiger partial charge in [-0.2, -0.15) is 0 Å². The van der Waals surface area contributed by atoms with Crippen molar-refractivity contribution in [1.82, 2.24) is 4.90 Å². The second kappa shape index (κ2) is 12.7. The third kappa shape index (κ3) is 7.95. The number of aliphatic imine (C=N–C) groups is 1. The zero-order valence-corrected chi connectivity index (χ0v) is 16.2. The number of rotatable bonds is 9. The predicted molar refractivity (Wildman–Crippen MR) is 105 cm³/mol. The Balaban J connectivity index is 0.00000441. The minimum absolute atomic E-state index is 0. The minimum Gasteiger partial charge on any atom is -0.380 e. The molecule has 3 N–H and O–H groups in total. The summed E-state index contributed by atoms with van der Waals surface area (Å²) in [6.45, 7) is 8.87. The van der Waals surface area contributed by atoms with E-state index in [4.69, 9.17) is 10.5 Å². The lowest BCUT2D eigenvalue weighted by Crippen LogP contribution is -2.26. The summed E-state index contributed by atoms with van der Waals surface area (Å²) in [6, 6.07) is 7.94. The van der Waals surface area contributed by atoms with Gasteiger partial charge in [-0.1, -0.05) is 32.0 Å². The number of nitrogens with two attached hydrogens (primary N) is 1. The average molecular weight is 420 g/mol. The van der Waals surface area contributed by atoms with Gasteiger partial charge in [0.2, 0.25) is 0 Å². The van der Waals surface area contributed by atoms with E-state index < -0.39 is 0 Å². The maximum atomic E-state index is 5.94. The Morgan fingerprint density at radius 2 is 1.95 bits per heavy atom. The quantitative estimate of drug-likeness (QED) is 0.279. The lowest BCUT2D eigenvalue weighted by atomic mass is 10.2. The van der Waals surface area contributed by atoms with Gasteiger partial charge in [0, 0.05) is 24.9 Å². The first kappa shape index (κ1) is 21.1. The van der Waals surface area contributed by atoms with Crippen LogP contribution in [0, 0.1) is 0 Å². The summed E-state index contributed by atoms with van der Waals surface area (Å²) < 4.78 is 5.17. The van der Waals surface area contributed by atoms with Crippen LogP contribution in [0.5, 0.6) is 0 Å². The Morgan fingerprint density at radius 1 is 1.27 bits per heavy atom. The Morgan fingerprint density at radius 3 is 2.59 bits per heavy atom. The van der Waals surface area contributed by atoms with Gasteiger partial charge in [-0.3, -0.25) is 4.99 Å². The van der Waals surface area contributed by atoms with E-state index in [0.29, 0.717) is 12.6 Å². The molecule has 0 amide bonds. The number of guanidine groups is 1. The van der Waals surface area contributed by atoms with E-state index in [2.05, 4.69) is 29.1 Å². The molecule has 0 heterocycles. The van der Waals surface area contributed by atoms with Crippen molar-refractivity contribution < 1.29 is 4.74 Å². The standard InChI is InChI=1S/C16H28N4O.HI/c1-4-20(5-2)12-8-11-18-16(17)19-15-10-7-6-9-14(15)13-21-3;/h6-7,9-10H,4-5,8,11-13H2,1-3H3,(H3,17,18,19);1H. The molecule has 0 aromatic heterocycles. The highest BCUT2D eigenvalue weighted by Crippen LogP contribution is 2.15. The molecule has 0 saturated carbocycles. The molecule has 0 bridgehead atoms. The number of nitrogens with zero attached hydrogens (tertiary/aromatic N) is 2. The van der Waals surface area contributed by atoms with Gasteiger partial charge >= 0.3 is 0 Å². The van der Waals surface area contributed by atoms with Gasteiger partial charge in [-0.05, 0) is 32.1 Å². The number of ether oxygens (including phenoxy) is 1. The van der Waals surface area contributed by atoms with Crippen LogP contribution in [0.25, 0.3) is 0 Å². The van der Waals surface area contributed by atoms with Gasteiger partial charge in [0.15, 0.2) is 5.96 Å². The second-order valence-corrected chi connectivity index (χ2v) is 4.86. The summed E-state index contributed by atoms with van der Waals surface area (Å²) in [5, 5.41) is 3.15. The molecule has 6 heteroatoms. The smallest absolute Gasteiger partial charge is 0.193 e. The molecule has 0 aliphatic heterocycles. The van der Waals surface area contributed by atoms with Gasteiger partial charge < -0.3 is 20.7 Å². The van der Waals surface area contributed by atoms with Crippen LogP contribution in [0.2, 0.25) is 0 Å². The summed E-state index contributed by atoms with van der Waals surface area (Å²) in [6.07, 6.45) is 1.02. The van der Waals surface area contributed by atoms with Crippen molar-refractivity contribution in [2.45, 2.75) is 26.9 Å². The normalized spacial score (nSPS) is 11.4. The molecule has 5 nitrogen and oxygen atoms in total. The molecular formula is C16H29IN4O. The summed E-state index contributed by atoms with van der Waals surface area (Å²) in [5.41, 5.74) is 7.96. The monoisotopic (exact) mass is 420 g/mol. The van der Waals surface area contributed by atoms with E-state index in [-0.39, 0.29) is 24.0 Å². The third-order valence-corrected chi connectivity index (χ3v) is 3.39. The van der Waals surface area contributed by atoms with Crippen LogP contribution < -0.4 is 11.1 Å². The van der Waals surface area contributed by atoms with Crippen molar-refractivity contribution in [3.8, 4) is 0 Å². The van der Waals surface area contributed by atoms with E-state index in [9.17, 15) is 0 Å². The molecule has 22 heavy (non-hydrogen) atoms. The molecule has 0 radical (unpaired) electrons. The molecule has 0 aliphatic rings. The van der Waals surface area contributed by atoms with Crippen LogP contribution in [0.3, 0.4) is 0 Å². The lowest BCUT2D eigenvalue weighted by molar-refractivity contribution is 0.185. The van der Waals surface area contributed by atoms with Gasteiger partial charge in [-0.25, -0.2) is 0 Å². The maximum absolute atomic E-state index is 5.94. The highest BCUT2D eigenvalue weighted by Gasteiger charge is 2.02. The van der Waals surface area contributed by atoms with Crippen molar-refractivity contribution in [2.75, 3.05) is 38.6 Å². The number of para-hydroxylation sites is 1. The summed E-state index contributed by atoms with van der Waals surface area (Å²) >= 11 is 0. The molecule has 1 rings (SSSR count). The number of methoxy groups -OCH3 is 1. The first-order chi connectivity index (χ1) is 10.2. The summed E-state index contributed by atoms with van der Waals surface area (Å²) in [4.78, 5) is 6.76. The summed E-state index contributed by atoms with van der Waals surface area (Å²) in [5.74, 6) is 0.457. The Hall–Kier alpha value is -0.860. The molecule has 0 aliphatic carbocycles. The average Bonchev–Trinajstić information content (AvgIpc) is 2.50. The number of benzene rings is 1. The van der Waals surface area contributed by atoms with Crippen molar-refractivity contribution in [3.63, 3.8) is 0 Å². The van der Waals surface area contributed by atoms with E-state index >= 15 is 0 Å². The molecule has 1 aromatic rings. The first-order valence-electron chi connectivity index (χ1n) is 7.57. The Bertz CT molecular complexity index is 436. The fourth-order valence-corrected chi connectivity index (χ4v) is 2.13. The molecule has 0 saturated heterocycles. The topological polar surface area (TPSA) is 62.9 Å². The third-order valence-electron chi connectivity index (χ3n) is 3.39. The maximum Gasteiger partial charge on any atom is 0.193 e. The van der Waals surface area contributed by atoms with Crippen LogP contribution in [0.1, 0.15) is 25.8 Å². The predicted octanol–water partition coefficient (Wildman–Crippen LogP) is 2.91. The molecular weight excluding hydrogens is 391 g/mol. The van der Waals surface area contributed by atoms with Crippen LogP contribution in [0.15, 0.2) is 29.3 Å². The van der Waals surface area contributed by atoms with E-state index in [1.165, 1.54) is 0 Å². The van der Waals surface area contributed by atoms with Crippen LogP contribution in [-0.2, 0) is 11.3 Å². The number of anilines is 1. The minimum atomic E-state index is 0. The number of nitrogens with one attached hydrogen (secondary N) is 1. The van der Waals surface area contributed by atoms with E-state index in [1.807, 2.05) is 24.3 Å². The Kier molecular flexibility index (Phi) is 12.2. The Labute approximate surface area is 151 Å². The van der Waals surface area contributed by atoms with Gasteiger partial charge in [0.1, 0.15) is 0 Å². The largest absolute Gasteiger partial charge is 0.380 e. The van der Waals surface area contributed by atoms with E-state index in [0.717, 1.165) is 43.9 Å². The van der Waals surface area contributed by atoms with Crippen LogP contribution in [0.4, 0.5) is 5.69 Å². The van der Waals surface area contributed by atoms with Crippen molar-refractivity contribution in [1.29, 1.82) is 0 Å². The zero-order valence-electron chi connectivity index (χ0n) is 13.8. The van der Waals surface area contributed by atoms with Crippen LogP contribution >= 0.6 is 24.0 Å². The highest BCUT2D eigenvalue weighted by atomic mass is 127. The molecule has 0 unspecified atom stereocenters. The lowest BCUT2D eigenvalue weighted by Gasteiger charge is -2.17. The SMILES string of the molecule is CCN(CC)CCCN=C(N)Nc1ccccc1COC.I. The van der Waals surface area contributed by atoms with Gasteiger partial charge in [-0.15, -0.1) is 24.0 Å². The van der Waals surface area contributed by atoms with Gasteiger partial charge in [0.25, 0.3) is 0 Å². The fraction of sp³-hybridized carbons (Fsp3) is 0.562. The van der Waals surface area contributed by atoms with E-state index in [1.54, 1.807) is 7.11 Å². The van der Waals surface area contributed by atoms with Crippen LogP contribution in [-0.4, -0.2) is 44.1 Å². The fourth-order valence-electron chi connectivity index (χ4n) is 2.13. The molecule has 0 spiro atoms.